The summed E-state index contributed by atoms with van der Waals surface area (Å²) in [6.45, 7) is 1.84. The van der Waals surface area contributed by atoms with Gasteiger partial charge in [-0.15, -0.1) is 6.42 Å². The van der Waals surface area contributed by atoms with E-state index in [0.29, 0.717) is 6.42 Å². The lowest BCUT2D eigenvalue weighted by molar-refractivity contribution is -0.139. The van der Waals surface area contributed by atoms with Crippen LogP contribution in [-0.4, -0.2) is 29.2 Å². The minimum Gasteiger partial charge on any atom is -0.480 e. The smallest absolute Gasteiger partial charge is 0.326 e. The number of rotatable bonds is 6. The Morgan fingerprint density at radius 1 is 1.30 bits per heavy atom. The van der Waals surface area contributed by atoms with Gasteiger partial charge in [0, 0.05) is 6.42 Å². The van der Waals surface area contributed by atoms with Crippen LogP contribution in [0.3, 0.4) is 0 Å². The molecule has 1 aromatic rings. The number of amides is 2. The highest BCUT2D eigenvalue weighted by Crippen LogP contribution is 2.03. The maximum atomic E-state index is 11.7. The number of urea groups is 1. The Hall–Kier alpha value is -2.48. The van der Waals surface area contributed by atoms with Crippen LogP contribution in [0.15, 0.2) is 30.3 Å². The molecule has 0 spiro atoms. The number of hydrogen-bond acceptors (Lipinski definition) is 2. The molecule has 2 amide bonds. The molecule has 0 aliphatic heterocycles. The number of carboxylic acid groups (broad SMARTS) is 1. The van der Waals surface area contributed by atoms with Gasteiger partial charge in [-0.2, -0.15) is 0 Å². The molecule has 1 rings (SSSR count). The van der Waals surface area contributed by atoms with Gasteiger partial charge in [0.25, 0.3) is 0 Å². The van der Waals surface area contributed by atoms with Gasteiger partial charge in [0.2, 0.25) is 0 Å². The van der Waals surface area contributed by atoms with Crippen molar-refractivity contribution in [1.29, 1.82) is 0 Å². The van der Waals surface area contributed by atoms with Gasteiger partial charge < -0.3 is 15.7 Å². The van der Waals surface area contributed by atoms with Crippen molar-refractivity contribution < 1.29 is 14.7 Å². The Balaban J connectivity index is 2.62. The predicted octanol–water partition coefficient (Wildman–Crippen LogP) is 1.39. The molecule has 0 saturated heterocycles. The third kappa shape index (κ3) is 5.02. The van der Waals surface area contributed by atoms with Crippen molar-refractivity contribution >= 4 is 12.0 Å². The maximum absolute atomic E-state index is 11.7. The molecule has 0 aliphatic carbocycles. The normalized spacial score (nSPS) is 12.8. The van der Waals surface area contributed by atoms with Crippen molar-refractivity contribution in [2.24, 2.45) is 0 Å². The van der Waals surface area contributed by atoms with Crippen molar-refractivity contribution in [2.45, 2.75) is 31.8 Å². The molecule has 3 N–H and O–H groups in total. The summed E-state index contributed by atoms with van der Waals surface area (Å²) in [6.07, 6.45) is 6.04. The van der Waals surface area contributed by atoms with E-state index in [4.69, 9.17) is 11.5 Å². The summed E-state index contributed by atoms with van der Waals surface area (Å²) in [4.78, 5) is 22.9. The Morgan fingerprint density at radius 2 is 1.95 bits per heavy atom. The summed E-state index contributed by atoms with van der Waals surface area (Å²) in [6, 6.07) is 7.14. The monoisotopic (exact) mass is 274 g/mol. The molecule has 1 aromatic carbocycles. The van der Waals surface area contributed by atoms with E-state index in [-0.39, 0.29) is 6.42 Å². The first-order valence-corrected chi connectivity index (χ1v) is 6.36. The van der Waals surface area contributed by atoms with E-state index in [1.54, 1.807) is 0 Å². The number of carbonyl (C=O) groups is 2. The highest BCUT2D eigenvalue weighted by molar-refractivity contribution is 5.83. The van der Waals surface area contributed by atoms with Gasteiger partial charge in [-0.3, -0.25) is 0 Å². The third-order valence-electron chi connectivity index (χ3n) is 2.80. The van der Waals surface area contributed by atoms with E-state index < -0.39 is 24.1 Å². The zero-order chi connectivity index (χ0) is 15.0. The van der Waals surface area contributed by atoms with Crippen molar-refractivity contribution in [3.05, 3.63) is 35.9 Å². The summed E-state index contributed by atoms with van der Waals surface area (Å²) in [5.41, 5.74) is 0.837. The highest BCUT2D eigenvalue weighted by Gasteiger charge is 2.21. The molecule has 0 bridgehead atoms. The first-order chi connectivity index (χ1) is 9.56. The Morgan fingerprint density at radius 3 is 2.45 bits per heavy atom. The van der Waals surface area contributed by atoms with Crippen molar-refractivity contribution in [3.8, 4) is 12.3 Å². The molecule has 5 nitrogen and oxygen atoms in total. The highest BCUT2D eigenvalue weighted by atomic mass is 16.4. The van der Waals surface area contributed by atoms with Crippen LogP contribution in [0.25, 0.3) is 0 Å². The molecule has 0 radical (unpaired) electrons. The van der Waals surface area contributed by atoms with Gasteiger partial charge in [0.05, 0.1) is 6.04 Å². The minimum atomic E-state index is -1.09. The SMILES string of the molecule is C#CC(CC)NC(=O)N[C@@H](Cc1ccccc1)C(=O)O. The van der Waals surface area contributed by atoms with Crippen LogP contribution >= 0.6 is 0 Å². The van der Waals surface area contributed by atoms with E-state index in [9.17, 15) is 9.59 Å². The third-order valence-corrected chi connectivity index (χ3v) is 2.80. The average Bonchev–Trinajstić information content (AvgIpc) is 2.45. The lowest BCUT2D eigenvalue weighted by atomic mass is 10.1. The zero-order valence-corrected chi connectivity index (χ0v) is 11.3. The van der Waals surface area contributed by atoms with Gasteiger partial charge in [0.1, 0.15) is 6.04 Å². The van der Waals surface area contributed by atoms with Gasteiger partial charge in [-0.1, -0.05) is 43.2 Å². The van der Waals surface area contributed by atoms with Crippen molar-refractivity contribution in [3.63, 3.8) is 0 Å². The van der Waals surface area contributed by atoms with E-state index in [1.807, 2.05) is 37.3 Å². The summed E-state index contributed by atoms with van der Waals surface area (Å²) >= 11 is 0. The molecular weight excluding hydrogens is 256 g/mol. The van der Waals surface area contributed by atoms with E-state index in [1.165, 1.54) is 0 Å². The van der Waals surface area contributed by atoms with Crippen LogP contribution in [0.4, 0.5) is 4.79 Å². The fourth-order valence-corrected chi connectivity index (χ4v) is 1.67. The largest absolute Gasteiger partial charge is 0.480 e. The average molecular weight is 274 g/mol. The molecular formula is C15H18N2O3. The molecule has 2 atom stereocenters. The van der Waals surface area contributed by atoms with Gasteiger partial charge in [-0.25, -0.2) is 9.59 Å². The number of carbonyl (C=O) groups excluding carboxylic acids is 1. The van der Waals surface area contributed by atoms with Gasteiger partial charge in [0.15, 0.2) is 0 Å². The minimum absolute atomic E-state index is 0.219. The summed E-state index contributed by atoms with van der Waals surface area (Å²) < 4.78 is 0. The zero-order valence-electron chi connectivity index (χ0n) is 11.3. The molecule has 0 aliphatic rings. The van der Waals surface area contributed by atoms with Crippen LogP contribution < -0.4 is 10.6 Å². The van der Waals surface area contributed by atoms with Crippen LogP contribution in [0, 0.1) is 12.3 Å². The van der Waals surface area contributed by atoms with Crippen LogP contribution in [0.5, 0.6) is 0 Å². The van der Waals surface area contributed by atoms with E-state index in [2.05, 4.69) is 16.6 Å². The molecule has 20 heavy (non-hydrogen) atoms. The molecule has 0 aromatic heterocycles. The fraction of sp³-hybridized carbons (Fsp3) is 0.333. The first kappa shape index (κ1) is 15.6. The number of hydrogen-bond donors (Lipinski definition) is 3. The quantitative estimate of drug-likeness (QED) is 0.686. The van der Waals surface area contributed by atoms with Gasteiger partial charge in [-0.05, 0) is 12.0 Å². The Labute approximate surface area is 118 Å². The van der Waals surface area contributed by atoms with E-state index in [0.717, 1.165) is 5.56 Å². The van der Waals surface area contributed by atoms with E-state index >= 15 is 0 Å². The topological polar surface area (TPSA) is 78.4 Å². The summed E-state index contributed by atoms with van der Waals surface area (Å²) in [5.74, 6) is 1.33. The first-order valence-electron chi connectivity index (χ1n) is 6.36. The van der Waals surface area contributed by atoms with Crippen molar-refractivity contribution in [1.82, 2.24) is 10.6 Å². The lowest BCUT2D eigenvalue weighted by Crippen LogP contribution is -2.49. The summed E-state index contributed by atoms with van der Waals surface area (Å²) in [7, 11) is 0. The van der Waals surface area contributed by atoms with Crippen LogP contribution in [-0.2, 0) is 11.2 Å². The second-order valence-electron chi connectivity index (χ2n) is 4.33. The second-order valence-corrected chi connectivity index (χ2v) is 4.33. The van der Waals surface area contributed by atoms with Crippen LogP contribution in [0.2, 0.25) is 0 Å². The molecule has 5 heteroatoms. The number of aliphatic carboxylic acids is 1. The number of benzene rings is 1. The number of terminal acetylenes is 1. The summed E-state index contributed by atoms with van der Waals surface area (Å²) in [5, 5.41) is 14.1. The Kier molecular flexibility index (Phi) is 6.11. The molecule has 0 heterocycles. The van der Waals surface area contributed by atoms with Crippen molar-refractivity contribution in [2.75, 3.05) is 0 Å². The second kappa shape index (κ2) is 7.85. The van der Waals surface area contributed by atoms with Gasteiger partial charge >= 0.3 is 12.0 Å². The standard InChI is InChI=1S/C15H18N2O3/c1-3-12(4-2)16-15(20)17-13(14(18)19)10-11-8-6-5-7-9-11/h1,5-9,12-13H,4,10H2,2H3,(H,18,19)(H2,16,17,20)/t12?,13-/m0/s1. The fourth-order valence-electron chi connectivity index (χ4n) is 1.67. The molecule has 1 unspecified atom stereocenters. The van der Waals surface area contributed by atoms with Crippen LogP contribution in [0.1, 0.15) is 18.9 Å². The number of carboxylic acids is 1. The Bertz CT molecular complexity index is 494. The predicted molar refractivity (Wildman–Crippen MR) is 76.1 cm³/mol. The molecule has 0 fully saturated rings. The maximum Gasteiger partial charge on any atom is 0.326 e. The lowest BCUT2D eigenvalue weighted by Gasteiger charge is -2.17. The molecule has 106 valence electrons. The number of nitrogens with one attached hydrogen (secondary N) is 2. The molecule has 0 saturated carbocycles.